The van der Waals surface area contributed by atoms with Crippen LogP contribution in [0, 0.1) is 0 Å². The monoisotopic (exact) mass is 517 g/mol. The number of aromatic nitrogens is 1. The number of carbonyl (C=O) groups is 2. The van der Waals surface area contributed by atoms with Gasteiger partial charge in [0, 0.05) is 0 Å². The largest absolute Gasteiger partial charge is 0.489 e. The van der Waals surface area contributed by atoms with Crippen molar-refractivity contribution in [2.24, 2.45) is 0 Å². The molecule has 0 unspecified atom stereocenters. The van der Waals surface area contributed by atoms with E-state index in [0.29, 0.717) is 12.6 Å². The second-order valence-electron chi connectivity index (χ2n) is 9.17. The molecule has 0 atom stereocenters. The number of aliphatic carboxylic acids is 2. The SMILES string of the molecule is Clc1ccc2c(c1NCc1ccc(OC3CCCCCC3)cn1)CCNCC2.O=C(O)CCC(=O)O. The highest BCUT2D eigenvalue weighted by molar-refractivity contribution is 6.33. The third kappa shape index (κ3) is 9.32. The van der Waals surface area contributed by atoms with Crippen molar-refractivity contribution >= 4 is 29.2 Å². The van der Waals surface area contributed by atoms with E-state index >= 15 is 0 Å². The maximum absolute atomic E-state index is 9.64. The zero-order valence-electron chi connectivity index (χ0n) is 20.6. The van der Waals surface area contributed by atoms with Crippen LogP contribution < -0.4 is 15.4 Å². The summed E-state index contributed by atoms with van der Waals surface area (Å²) in [7, 11) is 0. The van der Waals surface area contributed by atoms with E-state index in [0.717, 1.165) is 60.9 Å². The highest BCUT2D eigenvalue weighted by atomic mass is 35.5. The van der Waals surface area contributed by atoms with Gasteiger partial charge < -0.3 is 25.6 Å². The molecule has 2 aromatic rings. The standard InChI is InChI=1S/C23H30ClN3O.C4H6O4/c24-22-10-7-17-11-13-25-14-12-21(17)23(22)27-15-18-8-9-20(16-26-18)28-19-5-3-1-2-4-6-19;5-3(6)1-2-4(7)8/h7-10,16,19,25,27H,1-6,11-15H2;1-2H2,(H,5,6)(H,7,8). The van der Waals surface area contributed by atoms with E-state index in [1.54, 1.807) is 0 Å². The molecule has 0 spiro atoms. The number of carboxylic acids is 2. The lowest BCUT2D eigenvalue weighted by Gasteiger charge is -2.17. The van der Waals surface area contributed by atoms with Crippen LogP contribution in [0.5, 0.6) is 5.75 Å². The van der Waals surface area contributed by atoms with Crippen molar-refractivity contribution in [1.29, 1.82) is 0 Å². The van der Waals surface area contributed by atoms with Crippen molar-refractivity contribution in [2.75, 3.05) is 18.4 Å². The van der Waals surface area contributed by atoms with Gasteiger partial charge in [0.25, 0.3) is 0 Å². The van der Waals surface area contributed by atoms with Crippen molar-refractivity contribution in [3.8, 4) is 5.75 Å². The average Bonchev–Trinajstić information content (AvgIpc) is 3.26. The van der Waals surface area contributed by atoms with Crippen LogP contribution in [0.3, 0.4) is 0 Å². The van der Waals surface area contributed by atoms with Gasteiger partial charge in [-0.05, 0) is 80.9 Å². The molecule has 0 saturated heterocycles. The van der Waals surface area contributed by atoms with Gasteiger partial charge in [-0.2, -0.15) is 0 Å². The van der Waals surface area contributed by atoms with E-state index in [4.69, 9.17) is 26.6 Å². The highest BCUT2D eigenvalue weighted by Crippen LogP contribution is 2.31. The number of nitrogens with one attached hydrogen (secondary N) is 2. The van der Waals surface area contributed by atoms with Gasteiger partial charge >= 0.3 is 11.9 Å². The van der Waals surface area contributed by atoms with Gasteiger partial charge in [0.2, 0.25) is 0 Å². The third-order valence-electron chi connectivity index (χ3n) is 6.38. The molecule has 196 valence electrons. The molecule has 9 heteroatoms. The summed E-state index contributed by atoms with van der Waals surface area (Å²) in [6.45, 7) is 2.68. The van der Waals surface area contributed by atoms with Crippen molar-refractivity contribution in [1.82, 2.24) is 10.3 Å². The van der Waals surface area contributed by atoms with Gasteiger partial charge in [-0.1, -0.05) is 30.5 Å². The molecule has 1 aliphatic heterocycles. The molecule has 1 aromatic carbocycles. The predicted octanol–water partition coefficient (Wildman–Crippen LogP) is 5.07. The van der Waals surface area contributed by atoms with Crippen LogP contribution in [0.1, 0.15) is 68.2 Å². The Kier molecular flexibility index (Phi) is 11.3. The summed E-state index contributed by atoms with van der Waals surface area (Å²) in [5, 5.41) is 23.6. The van der Waals surface area contributed by atoms with Crippen molar-refractivity contribution in [3.63, 3.8) is 0 Å². The smallest absolute Gasteiger partial charge is 0.303 e. The Bertz CT molecular complexity index is 978. The van der Waals surface area contributed by atoms with Gasteiger partial charge in [-0.3, -0.25) is 14.6 Å². The van der Waals surface area contributed by atoms with Gasteiger partial charge in [-0.25, -0.2) is 0 Å². The molecule has 36 heavy (non-hydrogen) atoms. The number of fused-ring (bicyclic) bond motifs is 1. The third-order valence-corrected chi connectivity index (χ3v) is 6.70. The molecule has 0 amide bonds. The number of benzene rings is 1. The van der Waals surface area contributed by atoms with Gasteiger partial charge in [0.05, 0.1) is 48.1 Å². The highest BCUT2D eigenvalue weighted by Gasteiger charge is 2.16. The van der Waals surface area contributed by atoms with E-state index in [2.05, 4.69) is 27.8 Å². The number of anilines is 1. The number of rotatable bonds is 8. The minimum absolute atomic E-state index is 0.296. The van der Waals surface area contributed by atoms with Crippen LogP contribution in [0.4, 0.5) is 5.69 Å². The fourth-order valence-electron chi connectivity index (χ4n) is 4.46. The van der Waals surface area contributed by atoms with E-state index in [1.165, 1.54) is 36.8 Å². The molecular weight excluding hydrogens is 482 g/mol. The number of hydrogen-bond acceptors (Lipinski definition) is 6. The van der Waals surface area contributed by atoms with Crippen LogP contribution >= 0.6 is 11.6 Å². The number of hydrogen-bond donors (Lipinski definition) is 4. The number of nitrogens with zero attached hydrogens (tertiary/aromatic N) is 1. The summed E-state index contributed by atoms with van der Waals surface area (Å²) in [5.74, 6) is -1.27. The van der Waals surface area contributed by atoms with Crippen LogP contribution in [-0.4, -0.2) is 46.3 Å². The molecule has 0 radical (unpaired) electrons. The van der Waals surface area contributed by atoms with E-state index < -0.39 is 11.9 Å². The number of carboxylic acid groups (broad SMARTS) is 2. The maximum atomic E-state index is 9.64. The minimum Gasteiger partial charge on any atom is -0.489 e. The number of pyridine rings is 1. The van der Waals surface area contributed by atoms with Gasteiger partial charge in [-0.15, -0.1) is 0 Å². The summed E-state index contributed by atoms with van der Waals surface area (Å²) >= 11 is 6.50. The maximum Gasteiger partial charge on any atom is 0.303 e. The summed E-state index contributed by atoms with van der Waals surface area (Å²) in [4.78, 5) is 23.9. The van der Waals surface area contributed by atoms with E-state index in [1.807, 2.05) is 18.3 Å². The van der Waals surface area contributed by atoms with Crippen LogP contribution in [0.25, 0.3) is 0 Å². The first-order chi connectivity index (χ1) is 17.4. The molecule has 4 N–H and O–H groups in total. The normalized spacial score (nSPS) is 15.9. The zero-order valence-corrected chi connectivity index (χ0v) is 21.4. The van der Waals surface area contributed by atoms with Crippen LogP contribution in [-0.2, 0) is 29.0 Å². The predicted molar refractivity (Wildman–Crippen MR) is 140 cm³/mol. The lowest BCUT2D eigenvalue weighted by Crippen LogP contribution is -2.16. The Hall–Kier alpha value is -2.84. The number of halogens is 1. The van der Waals surface area contributed by atoms with E-state index in [9.17, 15) is 9.59 Å². The van der Waals surface area contributed by atoms with E-state index in [-0.39, 0.29) is 12.8 Å². The Morgan fingerprint density at radius 2 is 1.69 bits per heavy atom. The van der Waals surface area contributed by atoms with Gasteiger partial charge in [0.15, 0.2) is 0 Å². The summed E-state index contributed by atoms with van der Waals surface area (Å²) < 4.78 is 6.15. The fourth-order valence-corrected chi connectivity index (χ4v) is 4.71. The molecular formula is C27H36ClN3O5. The van der Waals surface area contributed by atoms with Crippen molar-refractivity contribution < 1.29 is 24.5 Å². The molecule has 1 saturated carbocycles. The average molecular weight is 518 g/mol. The van der Waals surface area contributed by atoms with Crippen molar-refractivity contribution in [2.45, 2.75) is 76.9 Å². The zero-order chi connectivity index (χ0) is 25.8. The first-order valence-corrected chi connectivity index (χ1v) is 13.1. The Morgan fingerprint density at radius 1 is 1.00 bits per heavy atom. The summed E-state index contributed by atoms with van der Waals surface area (Å²) in [6, 6.07) is 8.26. The lowest BCUT2D eigenvalue weighted by molar-refractivity contribution is -0.143. The first-order valence-electron chi connectivity index (χ1n) is 12.7. The molecule has 1 aromatic heterocycles. The van der Waals surface area contributed by atoms with Crippen LogP contribution in [0.15, 0.2) is 30.5 Å². The molecule has 4 rings (SSSR count). The quantitative estimate of drug-likeness (QED) is 0.358. The molecule has 1 aliphatic carbocycles. The molecule has 2 heterocycles. The van der Waals surface area contributed by atoms with Gasteiger partial charge in [0.1, 0.15) is 5.75 Å². The molecule has 2 aliphatic rings. The Balaban J connectivity index is 0.000000392. The second-order valence-corrected chi connectivity index (χ2v) is 9.57. The van der Waals surface area contributed by atoms with Crippen LogP contribution in [0.2, 0.25) is 5.02 Å². The molecule has 0 bridgehead atoms. The topological polar surface area (TPSA) is 121 Å². The Labute approximate surface area is 217 Å². The summed E-state index contributed by atoms with van der Waals surface area (Å²) in [5.41, 5.74) is 4.78. The summed E-state index contributed by atoms with van der Waals surface area (Å²) in [6.07, 6.45) is 11.2. The molecule has 1 fully saturated rings. The first kappa shape index (κ1) is 27.7. The lowest BCUT2D eigenvalue weighted by atomic mass is 10.0. The fraction of sp³-hybridized carbons (Fsp3) is 0.519. The Morgan fingerprint density at radius 3 is 2.33 bits per heavy atom. The van der Waals surface area contributed by atoms with Crippen molar-refractivity contribution in [3.05, 3.63) is 52.3 Å². The second kappa shape index (κ2) is 14.7. The number of ether oxygens (including phenoxy) is 1. The minimum atomic E-state index is -1.08. The molecule has 8 nitrogen and oxygen atoms in total.